The predicted octanol–water partition coefficient (Wildman–Crippen LogP) is 4.38. The van der Waals surface area contributed by atoms with Crippen molar-refractivity contribution in [2.45, 2.75) is 38.7 Å². The van der Waals surface area contributed by atoms with Gasteiger partial charge in [0.15, 0.2) is 0 Å². The Hall–Kier alpha value is -2.24. The first-order valence-corrected chi connectivity index (χ1v) is 6.96. The standard InChI is InChI=1S/C17H17F3O3/c1-5-10-7-6-8-11-9-12(15(21)23-16(2,3)4)14(17(18,19)20)22-13(10)11/h5-9,14H,1H2,2-4H3. The lowest BCUT2D eigenvalue weighted by Gasteiger charge is -2.30. The van der Waals surface area contributed by atoms with Gasteiger partial charge in [-0.15, -0.1) is 0 Å². The van der Waals surface area contributed by atoms with Crippen LogP contribution in [-0.2, 0) is 9.53 Å². The fourth-order valence-electron chi connectivity index (χ4n) is 2.15. The number of hydrogen-bond acceptors (Lipinski definition) is 3. The van der Waals surface area contributed by atoms with Gasteiger partial charge in [-0.1, -0.05) is 30.9 Å². The number of ether oxygens (including phenoxy) is 2. The maximum absolute atomic E-state index is 13.3. The lowest BCUT2D eigenvalue weighted by atomic mass is 9.98. The van der Waals surface area contributed by atoms with Gasteiger partial charge in [-0.05, 0) is 26.8 Å². The van der Waals surface area contributed by atoms with Crippen LogP contribution in [0, 0.1) is 0 Å². The zero-order chi connectivity index (χ0) is 17.4. The monoisotopic (exact) mass is 326 g/mol. The lowest BCUT2D eigenvalue weighted by Crippen LogP contribution is -2.42. The molecule has 3 nitrogen and oxygen atoms in total. The first-order chi connectivity index (χ1) is 10.5. The molecule has 0 saturated heterocycles. The number of hydrogen-bond donors (Lipinski definition) is 0. The van der Waals surface area contributed by atoms with Crippen LogP contribution in [0.25, 0.3) is 12.2 Å². The first-order valence-electron chi connectivity index (χ1n) is 6.96. The van der Waals surface area contributed by atoms with Crippen LogP contribution < -0.4 is 4.74 Å². The molecule has 1 heterocycles. The third-order valence-electron chi connectivity index (χ3n) is 3.06. The van der Waals surface area contributed by atoms with Crippen LogP contribution in [0.3, 0.4) is 0 Å². The maximum Gasteiger partial charge on any atom is 0.430 e. The van der Waals surface area contributed by atoms with Crippen LogP contribution in [0.4, 0.5) is 13.2 Å². The Kier molecular flexibility index (Phi) is 4.28. The molecule has 0 N–H and O–H groups in total. The molecule has 0 spiro atoms. The van der Waals surface area contributed by atoms with E-state index in [0.717, 1.165) is 6.08 Å². The zero-order valence-electron chi connectivity index (χ0n) is 13.0. The summed E-state index contributed by atoms with van der Waals surface area (Å²) in [5, 5.41) is 0. The molecule has 1 aliphatic heterocycles. The molecular weight excluding hydrogens is 309 g/mol. The van der Waals surface area contributed by atoms with E-state index < -0.39 is 29.4 Å². The fraction of sp³-hybridized carbons (Fsp3) is 0.353. The molecule has 0 radical (unpaired) electrons. The van der Waals surface area contributed by atoms with Gasteiger partial charge in [0.25, 0.3) is 0 Å². The van der Waals surface area contributed by atoms with Crippen molar-refractivity contribution < 1.29 is 27.4 Å². The Morgan fingerprint density at radius 2 is 1.96 bits per heavy atom. The van der Waals surface area contributed by atoms with Crippen LogP contribution in [0.1, 0.15) is 31.9 Å². The minimum atomic E-state index is -4.74. The van der Waals surface area contributed by atoms with Gasteiger partial charge in [0, 0.05) is 11.1 Å². The number of carbonyl (C=O) groups excluding carboxylic acids is 1. The lowest BCUT2D eigenvalue weighted by molar-refractivity contribution is -0.189. The highest BCUT2D eigenvalue weighted by Gasteiger charge is 2.49. The van der Waals surface area contributed by atoms with E-state index in [-0.39, 0.29) is 5.75 Å². The van der Waals surface area contributed by atoms with Crippen LogP contribution >= 0.6 is 0 Å². The summed E-state index contributed by atoms with van der Waals surface area (Å²) in [7, 11) is 0. The summed E-state index contributed by atoms with van der Waals surface area (Å²) < 4.78 is 50.1. The summed E-state index contributed by atoms with van der Waals surface area (Å²) in [6, 6.07) is 4.81. The molecule has 1 unspecified atom stereocenters. The Labute approximate surface area is 132 Å². The van der Waals surface area contributed by atoms with E-state index in [1.165, 1.54) is 6.08 Å². The van der Waals surface area contributed by atoms with Crippen LogP contribution in [-0.4, -0.2) is 23.9 Å². The number of benzene rings is 1. The van der Waals surface area contributed by atoms with Gasteiger partial charge < -0.3 is 9.47 Å². The predicted molar refractivity (Wildman–Crippen MR) is 80.8 cm³/mol. The van der Waals surface area contributed by atoms with Crippen molar-refractivity contribution in [1.82, 2.24) is 0 Å². The molecule has 0 fully saturated rings. The molecule has 124 valence electrons. The molecular formula is C17H17F3O3. The van der Waals surface area contributed by atoms with Crippen molar-refractivity contribution in [2.75, 3.05) is 0 Å². The zero-order valence-corrected chi connectivity index (χ0v) is 13.0. The van der Waals surface area contributed by atoms with E-state index in [0.29, 0.717) is 11.1 Å². The van der Waals surface area contributed by atoms with Gasteiger partial charge in [-0.3, -0.25) is 0 Å². The molecule has 1 atom stereocenters. The number of halogens is 3. The minimum Gasteiger partial charge on any atom is -0.475 e. The molecule has 0 bridgehead atoms. The molecule has 0 aromatic heterocycles. The number of esters is 1. The highest BCUT2D eigenvalue weighted by Crippen LogP contribution is 2.40. The molecule has 6 heteroatoms. The van der Waals surface area contributed by atoms with Crippen LogP contribution in [0.15, 0.2) is 30.4 Å². The molecule has 1 aromatic rings. The summed E-state index contributed by atoms with van der Waals surface area (Å²) >= 11 is 0. The van der Waals surface area contributed by atoms with Crippen molar-refractivity contribution in [3.8, 4) is 5.75 Å². The Morgan fingerprint density at radius 3 is 2.48 bits per heavy atom. The smallest absolute Gasteiger partial charge is 0.430 e. The molecule has 0 aliphatic carbocycles. The summed E-state index contributed by atoms with van der Waals surface area (Å²) in [4.78, 5) is 12.1. The molecule has 0 saturated carbocycles. The second kappa shape index (κ2) is 5.76. The van der Waals surface area contributed by atoms with Gasteiger partial charge >= 0.3 is 12.1 Å². The van der Waals surface area contributed by atoms with Crippen molar-refractivity contribution in [2.24, 2.45) is 0 Å². The average molecular weight is 326 g/mol. The van der Waals surface area contributed by atoms with E-state index in [9.17, 15) is 18.0 Å². The van der Waals surface area contributed by atoms with E-state index in [2.05, 4.69) is 6.58 Å². The minimum absolute atomic E-state index is 0.0529. The second-order valence-corrected chi connectivity index (χ2v) is 6.11. The van der Waals surface area contributed by atoms with E-state index in [1.54, 1.807) is 39.0 Å². The maximum atomic E-state index is 13.3. The third kappa shape index (κ3) is 3.75. The fourth-order valence-corrected chi connectivity index (χ4v) is 2.15. The normalized spacial score (nSPS) is 17.7. The van der Waals surface area contributed by atoms with Crippen LogP contribution in [0.2, 0.25) is 0 Å². The SMILES string of the molecule is C=Cc1cccc2c1OC(C(F)(F)F)C(C(=O)OC(C)(C)C)=C2. The van der Waals surface area contributed by atoms with Crippen molar-refractivity contribution in [3.63, 3.8) is 0 Å². The van der Waals surface area contributed by atoms with Crippen LogP contribution in [0.5, 0.6) is 5.75 Å². The first kappa shape index (κ1) is 17.1. The van der Waals surface area contributed by atoms with Gasteiger partial charge in [0.1, 0.15) is 11.4 Å². The number of alkyl halides is 3. The van der Waals surface area contributed by atoms with Gasteiger partial charge in [0.2, 0.25) is 6.10 Å². The summed E-state index contributed by atoms with van der Waals surface area (Å²) in [6.07, 6.45) is -4.54. The Morgan fingerprint density at radius 1 is 1.30 bits per heavy atom. The summed E-state index contributed by atoms with van der Waals surface area (Å²) in [5.41, 5.74) is -0.668. The number of para-hydroxylation sites is 1. The summed E-state index contributed by atoms with van der Waals surface area (Å²) in [5.74, 6) is -0.994. The van der Waals surface area contributed by atoms with Gasteiger partial charge in [-0.25, -0.2) is 4.79 Å². The highest BCUT2D eigenvalue weighted by atomic mass is 19.4. The third-order valence-corrected chi connectivity index (χ3v) is 3.06. The molecule has 2 rings (SSSR count). The molecule has 1 aliphatic rings. The van der Waals surface area contributed by atoms with Gasteiger partial charge in [-0.2, -0.15) is 13.2 Å². The summed E-state index contributed by atoms with van der Waals surface area (Å²) in [6.45, 7) is 8.31. The highest BCUT2D eigenvalue weighted by molar-refractivity contribution is 5.97. The topological polar surface area (TPSA) is 35.5 Å². The molecule has 23 heavy (non-hydrogen) atoms. The van der Waals surface area contributed by atoms with Crippen molar-refractivity contribution in [3.05, 3.63) is 41.5 Å². The van der Waals surface area contributed by atoms with Crippen molar-refractivity contribution >= 4 is 18.1 Å². The Balaban J connectivity index is 2.53. The van der Waals surface area contributed by atoms with E-state index >= 15 is 0 Å². The number of rotatable bonds is 2. The molecule has 1 aromatic carbocycles. The average Bonchev–Trinajstić information content (AvgIpc) is 2.42. The quantitative estimate of drug-likeness (QED) is 0.757. The second-order valence-electron chi connectivity index (χ2n) is 6.11. The number of carbonyl (C=O) groups is 1. The largest absolute Gasteiger partial charge is 0.475 e. The number of fused-ring (bicyclic) bond motifs is 1. The van der Waals surface area contributed by atoms with E-state index in [1.807, 2.05) is 0 Å². The Bertz CT molecular complexity index is 667. The van der Waals surface area contributed by atoms with Crippen molar-refractivity contribution in [1.29, 1.82) is 0 Å². The van der Waals surface area contributed by atoms with Gasteiger partial charge in [0.05, 0.1) is 5.57 Å². The molecule has 0 amide bonds. The van der Waals surface area contributed by atoms with E-state index in [4.69, 9.17) is 9.47 Å².